The highest BCUT2D eigenvalue weighted by Gasteiger charge is 2.13. The van der Waals surface area contributed by atoms with E-state index in [-0.39, 0.29) is 6.04 Å². The first-order valence-corrected chi connectivity index (χ1v) is 6.11. The van der Waals surface area contributed by atoms with Crippen LogP contribution < -0.4 is 15.2 Å². The lowest BCUT2D eigenvalue weighted by atomic mass is 9.99. The third-order valence-electron chi connectivity index (χ3n) is 3.02. The van der Waals surface area contributed by atoms with E-state index in [1.165, 1.54) is 0 Å². The van der Waals surface area contributed by atoms with E-state index in [9.17, 15) is 0 Å². The molecule has 0 radical (unpaired) electrons. The molecular formula is C15H18N2O2. The van der Waals surface area contributed by atoms with Gasteiger partial charge in [0.15, 0.2) is 0 Å². The fourth-order valence-electron chi connectivity index (χ4n) is 2.01. The summed E-state index contributed by atoms with van der Waals surface area (Å²) >= 11 is 0. The number of ether oxygens (including phenoxy) is 2. The van der Waals surface area contributed by atoms with Crippen LogP contribution in [0, 0.1) is 0 Å². The average molecular weight is 258 g/mol. The van der Waals surface area contributed by atoms with Crippen molar-refractivity contribution in [3.63, 3.8) is 0 Å². The standard InChI is InChI=1S/C15H18N2O2/c1-18-12-5-6-13(15(9-12)19-2)14(16)8-11-4-3-7-17-10-11/h3-7,9-10,14H,8,16H2,1-2H3. The molecule has 4 heteroatoms. The van der Waals surface area contributed by atoms with Crippen molar-refractivity contribution in [1.29, 1.82) is 0 Å². The zero-order valence-electron chi connectivity index (χ0n) is 11.2. The Balaban J connectivity index is 2.21. The van der Waals surface area contributed by atoms with E-state index in [4.69, 9.17) is 15.2 Å². The number of nitrogens with two attached hydrogens (primary N) is 1. The molecule has 2 aromatic rings. The van der Waals surface area contributed by atoms with Gasteiger partial charge in [0, 0.05) is 30.1 Å². The van der Waals surface area contributed by atoms with Crippen LogP contribution in [0.25, 0.3) is 0 Å². The molecule has 0 amide bonds. The van der Waals surface area contributed by atoms with Gasteiger partial charge < -0.3 is 15.2 Å². The second kappa shape index (κ2) is 6.20. The van der Waals surface area contributed by atoms with Crippen LogP contribution in [0.4, 0.5) is 0 Å². The van der Waals surface area contributed by atoms with Gasteiger partial charge in [-0.2, -0.15) is 0 Å². The van der Waals surface area contributed by atoms with Crippen LogP contribution in [0.2, 0.25) is 0 Å². The van der Waals surface area contributed by atoms with Crippen molar-refractivity contribution >= 4 is 0 Å². The Bertz CT molecular complexity index is 529. The van der Waals surface area contributed by atoms with E-state index in [1.54, 1.807) is 20.4 Å². The van der Waals surface area contributed by atoms with Gasteiger partial charge in [0.1, 0.15) is 11.5 Å². The molecule has 2 rings (SSSR count). The normalized spacial score (nSPS) is 11.9. The van der Waals surface area contributed by atoms with Crippen molar-refractivity contribution in [3.8, 4) is 11.5 Å². The Morgan fingerprint density at radius 1 is 1.21 bits per heavy atom. The first kappa shape index (κ1) is 13.4. The first-order valence-electron chi connectivity index (χ1n) is 6.11. The molecular weight excluding hydrogens is 240 g/mol. The van der Waals surface area contributed by atoms with Crippen molar-refractivity contribution in [2.45, 2.75) is 12.5 Å². The Morgan fingerprint density at radius 2 is 2.05 bits per heavy atom. The van der Waals surface area contributed by atoms with Gasteiger partial charge in [0.05, 0.1) is 14.2 Å². The number of hydrogen-bond acceptors (Lipinski definition) is 4. The van der Waals surface area contributed by atoms with Crippen molar-refractivity contribution < 1.29 is 9.47 Å². The van der Waals surface area contributed by atoms with E-state index >= 15 is 0 Å². The largest absolute Gasteiger partial charge is 0.497 e. The number of aromatic nitrogens is 1. The minimum absolute atomic E-state index is 0.134. The molecule has 100 valence electrons. The van der Waals surface area contributed by atoms with Crippen LogP contribution in [0.15, 0.2) is 42.7 Å². The second-order valence-electron chi connectivity index (χ2n) is 4.28. The highest BCUT2D eigenvalue weighted by Crippen LogP contribution is 2.29. The number of methoxy groups -OCH3 is 2. The predicted molar refractivity (Wildman–Crippen MR) is 74.4 cm³/mol. The van der Waals surface area contributed by atoms with Gasteiger partial charge in [-0.05, 0) is 24.1 Å². The van der Waals surface area contributed by atoms with E-state index in [0.29, 0.717) is 0 Å². The fraction of sp³-hybridized carbons (Fsp3) is 0.267. The van der Waals surface area contributed by atoms with Gasteiger partial charge in [-0.1, -0.05) is 12.1 Å². The minimum atomic E-state index is -0.134. The molecule has 4 nitrogen and oxygen atoms in total. The molecule has 0 aliphatic heterocycles. The molecule has 0 saturated carbocycles. The van der Waals surface area contributed by atoms with Crippen LogP contribution >= 0.6 is 0 Å². The zero-order chi connectivity index (χ0) is 13.7. The van der Waals surface area contributed by atoms with Crippen LogP contribution in [-0.4, -0.2) is 19.2 Å². The van der Waals surface area contributed by atoms with E-state index in [0.717, 1.165) is 29.0 Å². The van der Waals surface area contributed by atoms with Gasteiger partial charge >= 0.3 is 0 Å². The molecule has 0 fully saturated rings. The molecule has 0 aliphatic rings. The quantitative estimate of drug-likeness (QED) is 0.894. The maximum absolute atomic E-state index is 6.25. The summed E-state index contributed by atoms with van der Waals surface area (Å²) in [5, 5.41) is 0. The Hall–Kier alpha value is -2.07. The monoisotopic (exact) mass is 258 g/mol. The van der Waals surface area contributed by atoms with Gasteiger partial charge in [-0.25, -0.2) is 0 Å². The average Bonchev–Trinajstić information content (AvgIpc) is 2.47. The lowest BCUT2D eigenvalue weighted by Crippen LogP contribution is -2.14. The summed E-state index contributed by atoms with van der Waals surface area (Å²) in [7, 11) is 3.26. The molecule has 1 unspecified atom stereocenters. The molecule has 2 N–H and O–H groups in total. The molecule has 1 heterocycles. The lowest BCUT2D eigenvalue weighted by Gasteiger charge is -2.16. The number of hydrogen-bond donors (Lipinski definition) is 1. The summed E-state index contributed by atoms with van der Waals surface area (Å²) in [6.07, 6.45) is 4.30. The summed E-state index contributed by atoms with van der Waals surface area (Å²) < 4.78 is 10.5. The summed E-state index contributed by atoms with van der Waals surface area (Å²) in [6.45, 7) is 0. The third-order valence-corrected chi connectivity index (χ3v) is 3.02. The molecule has 1 aromatic heterocycles. The fourth-order valence-corrected chi connectivity index (χ4v) is 2.01. The Kier molecular flexibility index (Phi) is 4.36. The van der Waals surface area contributed by atoms with Crippen LogP contribution in [-0.2, 0) is 6.42 Å². The predicted octanol–water partition coefficient (Wildman–Crippen LogP) is 2.34. The van der Waals surface area contributed by atoms with Crippen LogP contribution in [0.5, 0.6) is 11.5 Å². The van der Waals surface area contributed by atoms with E-state index in [2.05, 4.69) is 4.98 Å². The number of pyridine rings is 1. The van der Waals surface area contributed by atoms with Gasteiger partial charge in [-0.3, -0.25) is 4.98 Å². The molecule has 0 saturated heterocycles. The summed E-state index contributed by atoms with van der Waals surface area (Å²) in [6, 6.07) is 9.47. The van der Waals surface area contributed by atoms with Crippen LogP contribution in [0.3, 0.4) is 0 Å². The molecule has 19 heavy (non-hydrogen) atoms. The van der Waals surface area contributed by atoms with Crippen LogP contribution in [0.1, 0.15) is 17.2 Å². The molecule has 0 aliphatic carbocycles. The van der Waals surface area contributed by atoms with Crippen molar-refractivity contribution in [1.82, 2.24) is 4.98 Å². The van der Waals surface area contributed by atoms with Gasteiger partial charge in [0.25, 0.3) is 0 Å². The number of nitrogens with zero attached hydrogens (tertiary/aromatic N) is 1. The summed E-state index contributed by atoms with van der Waals surface area (Å²) in [4.78, 5) is 4.09. The minimum Gasteiger partial charge on any atom is -0.497 e. The smallest absolute Gasteiger partial charge is 0.127 e. The lowest BCUT2D eigenvalue weighted by molar-refractivity contribution is 0.388. The number of rotatable bonds is 5. The molecule has 0 bridgehead atoms. The van der Waals surface area contributed by atoms with Gasteiger partial charge in [-0.15, -0.1) is 0 Å². The first-order chi connectivity index (χ1) is 9.24. The van der Waals surface area contributed by atoms with E-state index in [1.807, 2.05) is 36.5 Å². The SMILES string of the molecule is COc1ccc(C(N)Cc2cccnc2)c(OC)c1. The number of benzene rings is 1. The zero-order valence-corrected chi connectivity index (χ0v) is 11.2. The summed E-state index contributed by atoms with van der Waals surface area (Å²) in [5.74, 6) is 1.50. The van der Waals surface area contributed by atoms with E-state index < -0.39 is 0 Å². The molecule has 1 atom stereocenters. The molecule has 1 aromatic carbocycles. The van der Waals surface area contributed by atoms with Gasteiger partial charge in [0.2, 0.25) is 0 Å². The van der Waals surface area contributed by atoms with Crippen molar-refractivity contribution in [3.05, 3.63) is 53.9 Å². The second-order valence-corrected chi connectivity index (χ2v) is 4.28. The van der Waals surface area contributed by atoms with Crippen molar-refractivity contribution in [2.24, 2.45) is 5.73 Å². The maximum atomic E-state index is 6.25. The molecule has 0 spiro atoms. The Labute approximate surface area is 113 Å². The topological polar surface area (TPSA) is 57.4 Å². The highest BCUT2D eigenvalue weighted by atomic mass is 16.5. The highest BCUT2D eigenvalue weighted by molar-refractivity contribution is 5.42. The third kappa shape index (κ3) is 3.23. The summed E-state index contributed by atoms with van der Waals surface area (Å²) in [5.41, 5.74) is 8.32. The van der Waals surface area contributed by atoms with Crippen molar-refractivity contribution in [2.75, 3.05) is 14.2 Å². The Morgan fingerprint density at radius 3 is 2.68 bits per heavy atom. The maximum Gasteiger partial charge on any atom is 0.127 e.